The normalized spacial score (nSPS) is 16.2. The first kappa shape index (κ1) is 31.2. The van der Waals surface area contributed by atoms with E-state index in [1.165, 1.54) is 12.0 Å². The van der Waals surface area contributed by atoms with Crippen LogP contribution in [-0.2, 0) is 9.59 Å². The molecule has 0 heterocycles. The summed E-state index contributed by atoms with van der Waals surface area (Å²) in [6, 6.07) is 2.18. The molecule has 0 aromatic heterocycles. The molecule has 9 nitrogen and oxygen atoms in total. The zero-order valence-electron chi connectivity index (χ0n) is 24.0. The second kappa shape index (κ2) is 15.4. The van der Waals surface area contributed by atoms with Crippen LogP contribution in [0, 0.1) is 11.8 Å². The van der Waals surface area contributed by atoms with E-state index in [0.717, 1.165) is 50.5 Å². The summed E-state index contributed by atoms with van der Waals surface area (Å²) in [5, 5.41) is 2.77. The summed E-state index contributed by atoms with van der Waals surface area (Å²) >= 11 is 0. The molecule has 1 aliphatic rings. The summed E-state index contributed by atoms with van der Waals surface area (Å²) in [5.74, 6) is -0.202. The molecule has 0 aliphatic heterocycles. The summed E-state index contributed by atoms with van der Waals surface area (Å²) in [6.07, 6.45) is 8.10. The Morgan fingerprint density at radius 3 is 2.08 bits per heavy atom. The molecule has 3 atom stereocenters. The standard InChI is InChI=1S/C29H47N3O6/c1-7-9-13-16-32(29(35)31-25(27(30)33)19(3)8-2)28(34)24(20-14-11-10-12-15-20)21-17-22(36-4)26(38-6)23(18-21)37-5/h17-20,24-25H,7-16H2,1-6H3,(H2,30,33)(H,31,35)/t19-,24?,25-/m1/s1. The molecule has 2 rings (SSSR count). The van der Waals surface area contributed by atoms with Crippen LogP contribution in [-0.4, -0.2) is 56.7 Å². The lowest BCUT2D eigenvalue weighted by Gasteiger charge is -2.34. The number of unbranched alkanes of at least 4 members (excludes halogenated alkanes) is 2. The lowest BCUT2D eigenvalue weighted by molar-refractivity contribution is -0.132. The highest BCUT2D eigenvalue weighted by molar-refractivity contribution is 5.99. The lowest BCUT2D eigenvalue weighted by atomic mass is 9.76. The average molecular weight is 534 g/mol. The molecule has 9 heteroatoms. The van der Waals surface area contributed by atoms with Gasteiger partial charge in [0.2, 0.25) is 17.6 Å². The first-order chi connectivity index (χ1) is 18.2. The number of rotatable bonds is 14. The van der Waals surface area contributed by atoms with Gasteiger partial charge in [-0.25, -0.2) is 4.79 Å². The number of methoxy groups -OCH3 is 3. The maximum atomic E-state index is 14.4. The number of imide groups is 1. The molecule has 1 unspecified atom stereocenters. The SMILES string of the molecule is CCCCCN(C(=O)N[C@@H](C(N)=O)[C@H](C)CC)C(=O)C(c1cc(OC)c(OC)c(OC)c1)C1CCCCC1. The van der Waals surface area contributed by atoms with E-state index >= 15 is 0 Å². The highest BCUT2D eigenvalue weighted by Gasteiger charge is 2.38. The zero-order chi connectivity index (χ0) is 28.2. The Balaban J connectivity index is 2.55. The number of nitrogens with two attached hydrogens (primary N) is 1. The second-order valence-electron chi connectivity index (χ2n) is 10.2. The van der Waals surface area contributed by atoms with Gasteiger partial charge in [0, 0.05) is 6.54 Å². The van der Waals surface area contributed by atoms with E-state index in [1.807, 2.05) is 26.0 Å². The summed E-state index contributed by atoms with van der Waals surface area (Å²) < 4.78 is 16.7. The summed E-state index contributed by atoms with van der Waals surface area (Å²) in [6.45, 7) is 6.12. The number of nitrogens with one attached hydrogen (secondary N) is 1. The molecule has 3 N–H and O–H groups in total. The Bertz CT molecular complexity index is 906. The largest absolute Gasteiger partial charge is 0.493 e. The van der Waals surface area contributed by atoms with E-state index in [0.29, 0.717) is 30.1 Å². The number of primary amides is 1. The minimum absolute atomic E-state index is 0.0574. The number of hydrogen-bond donors (Lipinski definition) is 2. The number of amides is 4. The van der Waals surface area contributed by atoms with E-state index in [4.69, 9.17) is 19.9 Å². The van der Waals surface area contributed by atoms with E-state index in [2.05, 4.69) is 12.2 Å². The number of carbonyl (C=O) groups excluding carboxylic acids is 3. The van der Waals surface area contributed by atoms with Gasteiger partial charge >= 0.3 is 6.03 Å². The molecule has 38 heavy (non-hydrogen) atoms. The van der Waals surface area contributed by atoms with Crippen molar-refractivity contribution in [3.8, 4) is 17.2 Å². The van der Waals surface area contributed by atoms with Crippen molar-refractivity contribution < 1.29 is 28.6 Å². The molecule has 0 spiro atoms. The van der Waals surface area contributed by atoms with Crippen molar-refractivity contribution in [3.05, 3.63) is 17.7 Å². The van der Waals surface area contributed by atoms with Gasteiger partial charge in [-0.2, -0.15) is 0 Å². The first-order valence-corrected chi connectivity index (χ1v) is 13.9. The molecule has 1 aromatic carbocycles. The Hall–Kier alpha value is -2.97. The van der Waals surface area contributed by atoms with Crippen LogP contribution in [0.4, 0.5) is 4.79 Å². The van der Waals surface area contributed by atoms with Gasteiger partial charge < -0.3 is 25.3 Å². The highest BCUT2D eigenvalue weighted by Crippen LogP contribution is 2.44. The fourth-order valence-electron chi connectivity index (χ4n) is 5.30. The minimum atomic E-state index is -0.858. The summed E-state index contributed by atoms with van der Waals surface area (Å²) in [4.78, 5) is 41.4. The predicted octanol–water partition coefficient (Wildman–Crippen LogP) is 5.00. The topological polar surface area (TPSA) is 120 Å². The number of ether oxygens (including phenoxy) is 3. The van der Waals surface area contributed by atoms with Crippen LogP contribution in [0.1, 0.15) is 90.0 Å². The third-order valence-corrected chi connectivity index (χ3v) is 7.73. The van der Waals surface area contributed by atoms with Crippen molar-refractivity contribution >= 4 is 17.8 Å². The molecule has 0 bridgehead atoms. The molecule has 0 radical (unpaired) electrons. The fourth-order valence-corrected chi connectivity index (χ4v) is 5.30. The predicted molar refractivity (Wildman–Crippen MR) is 148 cm³/mol. The molecule has 0 saturated heterocycles. The van der Waals surface area contributed by atoms with E-state index in [-0.39, 0.29) is 24.3 Å². The number of benzene rings is 1. The van der Waals surface area contributed by atoms with Gasteiger partial charge in [0.1, 0.15) is 6.04 Å². The number of nitrogens with zero attached hydrogens (tertiary/aromatic N) is 1. The van der Waals surface area contributed by atoms with E-state index in [1.54, 1.807) is 14.2 Å². The smallest absolute Gasteiger partial charge is 0.324 e. The fraction of sp³-hybridized carbons (Fsp3) is 0.690. The highest BCUT2D eigenvalue weighted by atomic mass is 16.5. The third-order valence-electron chi connectivity index (χ3n) is 7.73. The Morgan fingerprint density at radius 2 is 1.61 bits per heavy atom. The van der Waals surface area contributed by atoms with Crippen LogP contribution in [0.2, 0.25) is 0 Å². The van der Waals surface area contributed by atoms with Crippen LogP contribution in [0.15, 0.2) is 12.1 Å². The maximum absolute atomic E-state index is 14.4. The molecular formula is C29H47N3O6. The molecular weight excluding hydrogens is 486 g/mol. The zero-order valence-corrected chi connectivity index (χ0v) is 24.0. The van der Waals surface area contributed by atoms with Crippen molar-refractivity contribution in [1.82, 2.24) is 10.2 Å². The molecule has 1 aliphatic carbocycles. The third kappa shape index (κ3) is 7.77. The van der Waals surface area contributed by atoms with Crippen molar-refractivity contribution in [2.75, 3.05) is 27.9 Å². The van der Waals surface area contributed by atoms with E-state index in [9.17, 15) is 14.4 Å². The van der Waals surface area contributed by atoms with Crippen LogP contribution >= 0.6 is 0 Å². The summed E-state index contributed by atoms with van der Waals surface area (Å²) in [5.41, 5.74) is 6.34. The van der Waals surface area contributed by atoms with Gasteiger partial charge in [0.25, 0.3) is 0 Å². The monoisotopic (exact) mass is 533 g/mol. The Labute approximate surface area is 227 Å². The molecule has 1 fully saturated rings. The van der Waals surface area contributed by atoms with Crippen molar-refractivity contribution in [2.45, 2.75) is 90.5 Å². The van der Waals surface area contributed by atoms with Crippen molar-refractivity contribution in [3.63, 3.8) is 0 Å². The van der Waals surface area contributed by atoms with Gasteiger partial charge in [-0.1, -0.05) is 59.3 Å². The molecule has 214 valence electrons. The van der Waals surface area contributed by atoms with Gasteiger partial charge in [-0.3, -0.25) is 14.5 Å². The van der Waals surface area contributed by atoms with Crippen LogP contribution in [0.5, 0.6) is 17.2 Å². The van der Waals surface area contributed by atoms with Crippen molar-refractivity contribution in [2.24, 2.45) is 17.6 Å². The molecule has 1 aromatic rings. The lowest BCUT2D eigenvalue weighted by Crippen LogP contribution is -2.55. The van der Waals surface area contributed by atoms with Crippen LogP contribution < -0.4 is 25.3 Å². The number of hydrogen-bond acceptors (Lipinski definition) is 6. The summed E-state index contributed by atoms with van der Waals surface area (Å²) in [7, 11) is 4.62. The quantitative estimate of drug-likeness (QED) is 0.325. The minimum Gasteiger partial charge on any atom is -0.493 e. The molecule has 1 saturated carbocycles. The maximum Gasteiger partial charge on any atom is 0.324 e. The van der Waals surface area contributed by atoms with E-state index < -0.39 is 23.9 Å². The second-order valence-corrected chi connectivity index (χ2v) is 10.2. The number of carbonyl (C=O) groups is 3. The van der Waals surface area contributed by atoms with Gasteiger partial charge in [0.15, 0.2) is 11.5 Å². The number of urea groups is 1. The average Bonchev–Trinajstić information content (AvgIpc) is 2.93. The van der Waals surface area contributed by atoms with Gasteiger partial charge in [-0.05, 0) is 48.8 Å². The molecule has 4 amide bonds. The van der Waals surface area contributed by atoms with Gasteiger partial charge in [-0.15, -0.1) is 0 Å². The Morgan fingerprint density at radius 1 is 1.00 bits per heavy atom. The van der Waals surface area contributed by atoms with Gasteiger partial charge in [0.05, 0.1) is 27.2 Å². The van der Waals surface area contributed by atoms with Crippen LogP contribution in [0.3, 0.4) is 0 Å². The van der Waals surface area contributed by atoms with Crippen LogP contribution in [0.25, 0.3) is 0 Å². The van der Waals surface area contributed by atoms with Crippen molar-refractivity contribution in [1.29, 1.82) is 0 Å². The first-order valence-electron chi connectivity index (χ1n) is 13.9. The Kier molecular flexibility index (Phi) is 12.7.